The van der Waals surface area contributed by atoms with Crippen molar-refractivity contribution in [1.29, 1.82) is 0 Å². The minimum absolute atomic E-state index is 0.300. The van der Waals surface area contributed by atoms with Crippen molar-refractivity contribution in [3.05, 3.63) is 78.4 Å². The molecule has 3 rings (SSSR count). The fraction of sp³-hybridized carbons (Fsp3) is 0.304. The fourth-order valence-corrected chi connectivity index (χ4v) is 3.20. The number of benzene rings is 3. The second-order valence-corrected chi connectivity index (χ2v) is 7.00. The Hall–Kier alpha value is -2.32. The van der Waals surface area contributed by atoms with E-state index in [0.29, 0.717) is 25.2 Å². The normalized spacial score (nSPS) is 12.4. The largest absolute Gasteiger partial charge is 0.379 e. The third-order valence-corrected chi connectivity index (χ3v) is 4.34. The molecule has 3 aromatic rings. The van der Waals surface area contributed by atoms with Crippen LogP contribution in [0.4, 0.5) is 5.69 Å². The summed E-state index contributed by atoms with van der Waals surface area (Å²) in [6, 6.07) is 25.6. The molecule has 0 aliphatic rings. The zero-order valence-corrected chi connectivity index (χ0v) is 15.1. The zero-order valence-electron chi connectivity index (χ0n) is 15.1. The number of fused-ring (bicyclic) bond motifs is 1. The molecular weight excluding hydrogens is 306 g/mol. The molecule has 0 fully saturated rings. The number of nitrogens with one attached hydrogen (secondary N) is 1. The molecule has 130 valence electrons. The molecule has 0 bridgehead atoms. The third kappa shape index (κ3) is 5.07. The van der Waals surface area contributed by atoms with Gasteiger partial charge in [-0.1, -0.05) is 80.6 Å². The number of hydrogen-bond donors (Lipinski definition) is 1. The molecule has 0 aliphatic heterocycles. The van der Waals surface area contributed by atoms with Crippen molar-refractivity contribution in [3.63, 3.8) is 0 Å². The first-order chi connectivity index (χ1) is 12.2. The molecule has 0 radical (unpaired) electrons. The van der Waals surface area contributed by atoms with Crippen molar-refractivity contribution < 1.29 is 4.74 Å². The van der Waals surface area contributed by atoms with Crippen molar-refractivity contribution in [3.8, 4) is 0 Å². The van der Waals surface area contributed by atoms with Gasteiger partial charge in [0.25, 0.3) is 0 Å². The van der Waals surface area contributed by atoms with Gasteiger partial charge < -0.3 is 10.1 Å². The van der Waals surface area contributed by atoms with Gasteiger partial charge in [-0.25, -0.2) is 0 Å². The maximum atomic E-state index is 6.00. The third-order valence-electron chi connectivity index (χ3n) is 4.34. The van der Waals surface area contributed by atoms with Gasteiger partial charge in [0.15, 0.2) is 0 Å². The van der Waals surface area contributed by atoms with E-state index in [2.05, 4.69) is 85.9 Å². The highest BCUT2D eigenvalue weighted by molar-refractivity contribution is 5.93. The lowest BCUT2D eigenvalue weighted by Gasteiger charge is -2.23. The van der Waals surface area contributed by atoms with E-state index in [0.717, 1.165) is 6.42 Å². The van der Waals surface area contributed by atoms with Gasteiger partial charge in [-0.2, -0.15) is 0 Å². The van der Waals surface area contributed by atoms with Gasteiger partial charge in [-0.05, 0) is 29.4 Å². The summed E-state index contributed by atoms with van der Waals surface area (Å²) in [5, 5.41) is 6.24. The Morgan fingerprint density at radius 1 is 0.840 bits per heavy atom. The summed E-state index contributed by atoms with van der Waals surface area (Å²) in [5.41, 5.74) is 2.41. The molecule has 0 saturated heterocycles. The summed E-state index contributed by atoms with van der Waals surface area (Å²) in [4.78, 5) is 0. The molecule has 2 nitrogen and oxygen atoms in total. The summed E-state index contributed by atoms with van der Waals surface area (Å²) in [5.74, 6) is 0.618. The van der Waals surface area contributed by atoms with Crippen LogP contribution in [0.15, 0.2) is 72.8 Å². The Labute approximate surface area is 150 Å². The van der Waals surface area contributed by atoms with Crippen molar-refractivity contribution in [2.45, 2.75) is 32.9 Å². The van der Waals surface area contributed by atoms with E-state index in [9.17, 15) is 0 Å². The molecule has 0 amide bonds. The van der Waals surface area contributed by atoms with Crippen LogP contribution in [-0.4, -0.2) is 12.6 Å². The predicted molar refractivity (Wildman–Crippen MR) is 107 cm³/mol. The summed E-state index contributed by atoms with van der Waals surface area (Å²) < 4.78 is 6.00. The summed E-state index contributed by atoms with van der Waals surface area (Å²) in [7, 11) is 0. The molecule has 1 atom stereocenters. The second kappa shape index (κ2) is 8.68. The molecular formula is C23H27NO. The van der Waals surface area contributed by atoms with Crippen LogP contribution >= 0.6 is 0 Å². The van der Waals surface area contributed by atoms with Crippen LogP contribution in [-0.2, 0) is 11.3 Å². The van der Waals surface area contributed by atoms with E-state index in [1.54, 1.807) is 0 Å². The molecule has 1 N–H and O–H groups in total. The average molecular weight is 333 g/mol. The van der Waals surface area contributed by atoms with E-state index in [1.807, 2.05) is 6.07 Å². The van der Waals surface area contributed by atoms with Crippen LogP contribution in [0.2, 0.25) is 0 Å². The van der Waals surface area contributed by atoms with Gasteiger partial charge >= 0.3 is 0 Å². The highest BCUT2D eigenvalue weighted by atomic mass is 16.5. The quantitative estimate of drug-likeness (QED) is 0.555. The SMILES string of the molecule is CC(C)C[C@@H](COCc1ccccc1)Nc1cccc2ccccc12. The highest BCUT2D eigenvalue weighted by Crippen LogP contribution is 2.24. The van der Waals surface area contributed by atoms with Crippen LogP contribution in [0.5, 0.6) is 0 Å². The Kier molecular flexibility index (Phi) is 6.08. The minimum Gasteiger partial charge on any atom is -0.379 e. The van der Waals surface area contributed by atoms with Gasteiger partial charge in [-0.15, -0.1) is 0 Å². The lowest BCUT2D eigenvalue weighted by atomic mass is 10.0. The van der Waals surface area contributed by atoms with E-state index >= 15 is 0 Å². The Bertz CT molecular complexity index is 777. The van der Waals surface area contributed by atoms with Crippen LogP contribution < -0.4 is 5.32 Å². The van der Waals surface area contributed by atoms with Crippen molar-refractivity contribution in [1.82, 2.24) is 0 Å². The molecule has 0 heterocycles. The lowest BCUT2D eigenvalue weighted by molar-refractivity contribution is 0.107. The van der Waals surface area contributed by atoms with Crippen LogP contribution in [0.1, 0.15) is 25.8 Å². The van der Waals surface area contributed by atoms with Crippen molar-refractivity contribution in [2.75, 3.05) is 11.9 Å². The topological polar surface area (TPSA) is 21.3 Å². The number of hydrogen-bond acceptors (Lipinski definition) is 2. The predicted octanol–water partition coefficient (Wildman–Crippen LogP) is 5.88. The molecule has 0 unspecified atom stereocenters. The molecule has 0 aliphatic carbocycles. The van der Waals surface area contributed by atoms with Crippen molar-refractivity contribution >= 4 is 16.5 Å². The Morgan fingerprint density at radius 3 is 2.36 bits per heavy atom. The van der Waals surface area contributed by atoms with E-state index in [1.165, 1.54) is 22.0 Å². The van der Waals surface area contributed by atoms with Crippen LogP contribution in [0, 0.1) is 5.92 Å². The first kappa shape index (κ1) is 17.5. The fourth-order valence-electron chi connectivity index (χ4n) is 3.20. The molecule has 0 spiro atoms. The van der Waals surface area contributed by atoms with Gasteiger partial charge in [-0.3, -0.25) is 0 Å². The van der Waals surface area contributed by atoms with Crippen LogP contribution in [0.25, 0.3) is 10.8 Å². The number of rotatable bonds is 8. The first-order valence-electron chi connectivity index (χ1n) is 9.08. The highest BCUT2D eigenvalue weighted by Gasteiger charge is 2.13. The van der Waals surface area contributed by atoms with Gasteiger partial charge in [0, 0.05) is 17.1 Å². The summed E-state index contributed by atoms with van der Waals surface area (Å²) in [6.45, 7) is 5.88. The summed E-state index contributed by atoms with van der Waals surface area (Å²) >= 11 is 0. The molecule has 2 heteroatoms. The number of anilines is 1. The van der Waals surface area contributed by atoms with E-state index < -0.39 is 0 Å². The standard InChI is InChI=1S/C23H27NO/c1-18(2)15-21(17-25-16-19-9-4-3-5-10-19)24-23-14-8-12-20-11-6-7-13-22(20)23/h3-14,18,21,24H,15-17H2,1-2H3/t21-/m0/s1. The average Bonchev–Trinajstić information content (AvgIpc) is 2.62. The number of ether oxygens (including phenoxy) is 1. The minimum atomic E-state index is 0.300. The maximum Gasteiger partial charge on any atom is 0.0717 e. The van der Waals surface area contributed by atoms with Gasteiger partial charge in [0.1, 0.15) is 0 Å². The smallest absolute Gasteiger partial charge is 0.0717 e. The van der Waals surface area contributed by atoms with E-state index in [-0.39, 0.29) is 0 Å². The second-order valence-electron chi connectivity index (χ2n) is 7.00. The van der Waals surface area contributed by atoms with Gasteiger partial charge in [0.2, 0.25) is 0 Å². The van der Waals surface area contributed by atoms with Crippen molar-refractivity contribution in [2.24, 2.45) is 5.92 Å². The van der Waals surface area contributed by atoms with Gasteiger partial charge in [0.05, 0.1) is 13.2 Å². The summed E-state index contributed by atoms with van der Waals surface area (Å²) in [6.07, 6.45) is 1.08. The molecule has 3 aromatic carbocycles. The molecule has 0 saturated carbocycles. The molecule has 0 aromatic heterocycles. The monoisotopic (exact) mass is 333 g/mol. The van der Waals surface area contributed by atoms with E-state index in [4.69, 9.17) is 4.74 Å². The first-order valence-corrected chi connectivity index (χ1v) is 9.08. The maximum absolute atomic E-state index is 6.00. The lowest BCUT2D eigenvalue weighted by Crippen LogP contribution is -2.27. The zero-order chi connectivity index (χ0) is 17.5. The van der Waals surface area contributed by atoms with Crippen LogP contribution in [0.3, 0.4) is 0 Å². The Balaban J connectivity index is 1.67. The Morgan fingerprint density at radius 2 is 1.56 bits per heavy atom. The molecule has 25 heavy (non-hydrogen) atoms.